The fourth-order valence-electron chi connectivity index (χ4n) is 3.32. The molecule has 2 aliphatic rings. The molecule has 0 amide bonds. The number of fused-ring (bicyclic) bond motifs is 1. The summed E-state index contributed by atoms with van der Waals surface area (Å²) in [6, 6.07) is 0. The minimum Gasteiger partial charge on any atom is -0.393 e. The van der Waals surface area contributed by atoms with E-state index in [1.165, 1.54) is 24.8 Å². The van der Waals surface area contributed by atoms with Gasteiger partial charge in [-0.25, -0.2) is 0 Å². The zero-order valence-corrected chi connectivity index (χ0v) is 8.50. The maximum atomic E-state index is 9.72. The summed E-state index contributed by atoms with van der Waals surface area (Å²) < 4.78 is 0. The summed E-state index contributed by atoms with van der Waals surface area (Å²) in [4.78, 5) is 0. The molecule has 4 atom stereocenters. The average molecular weight is 180 g/mol. The van der Waals surface area contributed by atoms with Gasteiger partial charge in [0.05, 0.1) is 6.10 Å². The Morgan fingerprint density at radius 1 is 1.38 bits per heavy atom. The number of aliphatic hydroxyl groups is 1. The Morgan fingerprint density at radius 2 is 2.15 bits per heavy atom. The summed E-state index contributed by atoms with van der Waals surface area (Å²) >= 11 is 0. The smallest absolute Gasteiger partial charge is 0.0580 e. The number of aliphatic hydroxyl groups excluding tert-OH is 1. The van der Waals surface area contributed by atoms with Crippen molar-refractivity contribution in [3.63, 3.8) is 0 Å². The molecule has 2 aliphatic carbocycles. The van der Waals surface area contributed by atoms with Crippen LogP contribution in [-0.2, 0) is 0 Å². The predicted octanol–water partition coefficient (Wildman–Crippen LogP) is 2.75. The van der Waals surface area contributed by atoms with Gasteiger partial charge in [0.2, 0.25) is 0 Å². The first kappa shape index (κ1) is 9.26. The van der Waals surface area contributed by atoms with Gasteiger partial charge in [-0.2, -0.15) is 0 Å². The van der Waals surface area contributed by atoms with E-state index < -0.39 is 0 Å². The lowest BCUT2D eigenvalue weighted by Gasteiger charge is -2.23. The van der Waals surface area contributed by atoms with Gasteiger partial charge in [0.15, 0.2) is 0 Å². The Labute approximate surface area is 80.8 Å². The third-order valence-corrected chi connectivity index (χ3v) is 3.97. The second-order valence-corrected chi connectivity index (χ2v) is 4.93. The van der Waals surface area contributed by atoms with Gasteiger partial charge in [0.1, 0.15) is 0 Å². The SMILES string of the molecule is C=C1CC(O)CC(C)C2CCCC12. The number of hydrogen-bond donors (Lipinski definition) is 1. The van der Waals surface area contributed by atoms with E-state index in [-0.39, 0.29) is 6.10 Å². The van der Waals surface area contributed by atoms with Crippen LogP contribution in [-0.4, -0.2) is 11.2 Å². The van der Waals surface area contributed by atoms with Crippen molar-refractivity contribution in [3.8, 4) is 0 Å². The molecule has 2 rings (SSSR count). The van der Waals surface area contributed by atoms with Gasteiger partial charge in [-0.1, -0.05) is 25.5 Å². The molecule has 0 heterocycles. The first-order chi connectivity index (χ1) is 6.18. The van der Waals surface area contributed by atoms with Crippen LogP contribution >= 0.6 is 0 Å². The standard InChI is InChI=1S/C12H20O/c1-8-6-10(13)7-9(2)12-5-3-4-11(8)12/h9-13H,1,3-7H2,2H3. The molecule has 0 radical (unpaired) electrons. The van der Waals surface area contributed by atoms with E-state index in [2.05, 4.69) is 13.5 Å². The number of rotatable bonds is 0. The second-order valence-electron chi connectivity index (χ2n) is 4.93. The van der Waals surface area contributed by atoms with Crippen molar-refractivity contribution in [1.29, 1.82) is 0 Å². The van der Waals surface area contributed by atoms with Crippen molar-refractivity contribution in [1.82, 2.24) is 0 Å². The molecule has 4 unspecified atom stereocenters. The van der Waals surface area contributed by atoms with Crippen molar-refractivity contribution < 1.29 is 5.11 Å². The topological polar surface area (TPSA) is 20.2 Å². The van der Waals surface area contributed by atoms with Crippen LogP contribution in [0.4, 0.5) is 0 Å². The Balaban J connectivity index is 2.16. The Hall–Kier alpha value is -0.300. The Morgan fingerprint density at radius 3 is 2.92 bits per heavy atom. The highest BCUT2D eigenvalue weighted by atomic mass is 16.3. The summed E-state index contributed by atoms with van der Waals surface area (Å²) in [5.41, 5.74) is 1.32. The summed E-state index contributed by atoms with van der Waals surface area (Å²) in [6.45, 7) is 6.44. The van der Waals surface area contributed by atoms with E-state index in [0.717, 1.165) is 24.7 Å². The van der Waals surface area contributed by atoms with Crippen LogP contribution in [0.15, 0.2) is 12.2 Å². The summed E-state index contributed by atoms with van der Waals surface area (Å²) in [7, 11) is 0. The van der Waals surface area contributed by atoms with Crippen LogP contribution in [0.5, 0.6) is 0 Å². The summed E-state index contributed by atoms with van der Waals surface area (Å²) in [5.74, 6) is 2.25. The van der Waals surface area contributed by atoms with Gasteiger partial charge in [-0.05, 0) is 43.4 Å². The van der Waals surface area contributed by atoms with Crippen molar-refractivity contribution in [2.75, 3.05) is 0 Å². The second kappa shape index (κ2) is 3.45. The molecule has 2 saturated carbocycles. The third kappa shape index (κ3) is 1.67. The van der Waals surface area contributed by atoms with Crippen LogP contribution in [0.25, 0.3) is 0 Å². The lowest BCUT2D eigenvalue weighted by atomic mass is 9.82. The Bertz CT molecular complexity index is 209. The zero-order chi connectivity index (χ0) is 9.42. The molecule has 1 heteroatoms. The monoisotopic (exact) mass is 180 g/mol. The fourth-order valence-corrected chi connectivity index (χ4v) is 3.32. The maximum absolute atomic E-state index is 9.72. The molecule has 1 nitrogen and oxygen atoms in total. The molecular formula is C12H20O. The van der Waals surface area contributed by atoms with E-state index in [9.17, 15) is 5.11 Å². The van der Waals surface area contributed by atoms with Crippen LogP contribution in [0.2, 0.25) is 0 Å². The van der Waals surface area contributed by atoms with Crippen molar-refractivity contribution in [2.45, 2.75) is 45.1 Å². The lowest BCUT2D eigenvalue weighted by molar-refractivity contribution is 0.141. The van der Waals surface area contributed by atoms with E-state index in [1.54, 1.807) is 0 Å². The molecule has 0 bridgehead atoms. The van der Waals surface area contributed by atoms with Gasteiger partial charge in [0, 0.05) is 0 Å². The minimum absolute atomic E-state index is 0.118. The summed E-state index contributed by atoms with van der Waals surface area (Å²) in [6.07, 6.45) is 5.77. The van der Waals surface area contributed by atoms with Gasteiger partial charge in [-0.3, -0.25) is 0 Å². The van der Waals surface area contributed by atoms with Crippen molar-refractivity contribution in [3.05, 3.63) is 12.2 Å². The maximum Gasteiger partial charge on any atom is 0.0580 e. The first-order valence-corrected chi connectivity index (χ1v) is 5.54. The highest BCUT2D eigenvalue weighted by Gasteiger charge is 2.36. The molecule has 13 heavy (non-hydrogen) atoms. The van der Waals surface area contributed by atoms with E-state index >= 15 is 0 Å². The van der Waals surface area contributed by atoms with Gasteiger partial charge in [-0.15, -0.1) is 0 Å². The van der Waals surface area contributed by atoms with Gasteiger partial charge >= 0.3 is 0 Å². The van der Waals surface area contributed by atoms with Crippen molar-refractivity contribution in [2.24, 2.45) is 17.8 Å². The molecular weight excluding hydrogens is 160 g/mol. The predicted molar refractivity (Wildman–Crippen MR) is 54.4 cm³/mol. The normalized spacial score (nSPS) is 45.8. The molecule has 0 spiro atoms. The highest BCUT2D eigenvalue weighted by molar-refractivity contribution is 5.09. The third-order valence-electron chi connectivity index (χ3n) is 3.97. The highest BCUT2D eigenvalue weighted by Crippen LogP contribution is 2.45. The van der Waals surface area contributed by atoms with Crippen LogP contribution < -0.4 is 0 Å². The molecule has 1 N–H and O–H groups in total. The molecule has 0 aromatic heterocycles. The minimum atomic E-state index is -0.118. The van der Waals surface area contributed by atoms with E-state index in [1.807, 2.05) is 0 Å². The lowest BCUT2D eigenvalue weighted by Crippen LogP contribution is -2.16. The van der Waals surface area contributed by atoms with Crippen LogP contribution in [0.1, 0.15) is 39.0 Å². The fraction of sp³-hybridized carbons (Fsp3) is 0.833. The quantitative estimate of drug-likeness (QED) is 0.568. The molecule has 0 aromatic rings. The molecule has 2 fully saturated rings. The number of hydrogen-bond acceptors (Lipinski definition) is 1. The Kier molecular flexibility index (Phi) is 2.46. The van der Waals surface area contributed by atoms with Crippen LogP contribution in [0, 0.1) is 17.8 Å². The zero-order valence-electron chi connectivity index (χ0n) is 8.50. The largest absolute Gasteiger partial charge is 0.393 e. The summed E-state index contributed by atoms with van der Waals surface area (Å²) in [5, 5.41) is 9.72. The van der Waals surface area contributed by atoms with Crippen molar-refractivity contribution >= 4 is 0 Å². The van der Waals surface area contributed by atoms with E-state index in [4.69, 9.17) is 0 Å². The van der Waals surface area contributed by atoms with E-state index in [0.29, 0.717) is 5.92 Å². The average Bonchev–Trinajstić information content (AvgIpc) is 2.47. The molecule has 0 saturated heterocycles. The van der Waals surface area contributed by atoms with Gasteiger partial charge < -0.3 is 5.11 Å². The molecule has 0 aliphatic heterocycles. The molecule has 0 aromatic carbocycles. The van der Waals surface area contributed by atoms with Gasteiger partial charge in [0.25, 0.3) is 0 Å². The first-order valence-electron chi connectivity index (χ1n) is 5.54. The van der Waals surface area contributed by atoms with Crippen LogP contribution in [0.3, 0.4) is 0 Å². The molecule has 74 valence electrons.